The van der Waals surface area contributed by atoms with Gasteiger partial charge in [0.1, 0.15) is 5.75 Å². The predicted molar refractivity (Wildman–Crippen MR) is 82.5 cm³/mol. The molecule has 3 N–H and O–H groups in total. The number of halogens is 1. The number of rotatable bonds is 5. The second-order valence-corrected chi connectivity index (χ2v) is 4.69. The van der Waals surface area contributed by atoms with Crippen molar-refractivity contribution in [2.75, 3.05) is 12.0 Å². The Morgan fingerprint density at radius 2 is 1.68 bits per heavy atom. The van der Waals surface area contributed by atoms with Crippen molar-refractivity contribution in [2.45, 2.75) is 0 Å². The molecule has 0 spiro atoms. The molecule has 2 rings (SSSR count). The Morgan fingerprint density at radius 1 is 1.05 bits per heavy atom. The molecule has 2 aromatic carbocycles. The van der Waals surface area contributed by atoms with Crippen molar-refractivity contribution in [1.29, 1.82) is 0 Å². The summed E-state index contributed by atoms with van der Waals surface area (Å²) in [6.07, 6.45) is 0. The number of anilines is 1. The minimum absolute atomic E-state index is 0.0132. The predicted octanol–water partition coefficient (Wildman–Crippen LogP) is 3.20. The lowest BCUT2D eigenvalue weighted by atomic mass is 10.2. The largest absolute Gasteiger partial charge is 0.478 e. The van der Waals surface area contributed by atoms with Gasteiger partial charge in [0, 0.05) is 10.7 Å². The summed E-state index contributed by atoms with van der Waals surface area (Å²) < 4.78 is 5.31. The maximum Gasteiger partial charge on any atom is 0.335 e. The Kier molecular flexibility index (Phi) is 5.21. The van der Waals surface area contributed by atoms with Crippen molar-refractivity contribution >= 4 is 29.3 Å². The highest BCUT2D eigenvalue weighted by Gasteiger charge is 2.04. The van der Waals surface area contributed by atoms with E-state index < -0.39 is 12.0 Å². The van der Waals surface area contributed by atoms with Gasteiger partial charge in [-0.2, -0.15) is 0 Å². The van der Waals surface area contributed by atoms with E-state index in [0.717, 1.165) is 0 Å². The van der Waals surface area contributed by atoms with Gasteiger partial charge in [0.05, 0.1) is 5.56 Å². The van der Waals surface area contributed by atoms with Crippen molar-refractivity contribution in [2.24, 2.45) is 0 Å². The number of carbonyl (C=O) groups is 2. The molecule has 0 aromatic heterocycles. The van der Waals surface area contributed by atoms with E-state index in [-0.39, 0.29) is 12.3 Å². The van der Waals surface area contributed by atoms with E-state index in [4.69, 9.17) is 21.4 Å². The van der Waals surface area contributed by atoms with Crippen LogP contribution in [0.5, 0.6) is 5.75 Å². The third-order valence-electron chi connectivity index (χ3n) is 2.67. The van der Waals surface area contributed by atoms with Gasteiger partial charge in [-0.25, -0.2) is 9.59 Å². The Bertz CT molecular complexity index is 656. The molecule has 0 radical (unpaired) electrons. The van der Waals surface area contributed by atoms with Gasteiger partial charge in [0.15, 0.2) is 6.73 Å². The summed E-state index contributed by atoms with van der Waals surface area (Å²) in [6.45, 7) is -0.0132. The first kappa shape index (κ1) is 15.7. The van der Waals surface area contributed by atoms with Crippen LogP contribution in [0.25, 0.3) is 0 Å². The molecule has 6 nitrogen and oxygen atoms in total. The summed E-state index contributed by atoms with van der Waals surface area (Å²) in [4.78, 5) is 22.3. The van der Waals surface area contributed by atoms with Crippen LogP contribution in [-0.4, -0.2) is 23.8 Å². The molecular weight excluding hydrogens is 308 g/mol. The van der Waals surface area contributed by atoms with E-state index in [1.54, 1.807) is 24.3 Å². The fourth-order valence-corrected chi connectivity index (χ4v) is 1.71. The van der Waals surface area contributed by atoms with E-state index in [1.807, 2.05) is 0 Å². The Morgan fingerprint density at radius 3 is 2.27 bits per heavy atom. The molecule has 0 aliphatic heterocycles. The molecule has 114 valence electrons. The number of ether oxygens (including phenoxy) is 1. The van der Waals surface area contributed by atoms with Gasteiger partial charge in [-0.15, -0.1) is 0 Å². The Hall–Kier alpha value is -2.73. The van der Waals surface area contributed by atoms with E-state index >= 15 is 0 Å². The first-order valence-corrected chi connectivity index (χ1v) is 6.69. The zero-order valence-corrected chi connectivity index (χ0v) is 12.1. The minimum Gasteiger partial charge on any atom is -0.478 e. The monoisotopic (exact) mass is 320 g/mol. The number of carboxylic acids is 1. The quantitative estimate of drug-likeness (QED) is 0.738. The van der Waals surface area contributed by atoms with E-state index in [2.05, 4.69) is 10.6 Å². The molecule has 22 heavy (non-hydrogen) atoms. The molecule has 0 saturated heterocycles. The molecule has 0 fully saturated rings. The van der Waals surface area contributed by atoms with Crippen LogP contribution in [0.4, 0.5) is 10.5 Å². The van der Waals surface area contributed by atoms with Crippen molar-refractivity contribution in [3.8, 4) is 5.75 Å². The van der Waals surface area contributed by atoms with Crippen molar-refractivity contribution in [1.82, 2.24) is 5.32 Å². The summed E-state index contributed by atoms with van der Waals surface area (Å²) in [5.41, 5.74) is 0.631. The molecule has 2 aromatic rings. The number of amides is 2. The standard InChI is InChI=1S/C15H13ClN2O4/c16-11-3-7-13(8-4-11)22-9-17-15(21)18-12-5-1-10(2-6-12)14(19)20/h1-8H,9H2,(H,19,20)(H2,17,18,21). The minimum atomic E-state index is -1.02. The van der Waals surface area contributed by atoms with Crippen LogP contribution < -0.4 is 15.4 Å². The van der Waals surface area contributed by atoms with Crippen LogP contribution in [0, 0.1) is 0 Å². The van der Waals surface area contributed by atoms with Crippen molar-refractivity contribution in [3.05, 3.63) is 59.1 Å². The van der Waals surface area contributed by atoms with Gasteiger partial charge >= 0.3 is 12.0 Å². The fourth-order valence-electron chi connectivity index (χ4n) is 1.59. The van der Waals surface area contributed by atoms with E-state index in [9.17, 15) is 9.59 Å². The fraction of sp³-hybridized carbons (Fsp3) is 0.0667. The summed E-state index contributed by atoms with van der Waals surface area (Å²) >= 11 is 5.75. The molecule has 0 aliphatic carbocycles. The molecule has 0 bridgehead atoms. The van der Waals surface area contributed by atoms with Crippen molar-refractivity contribution < 1.29 is 19.4 Å². The number of hydrogen-bond acceptors (Lipinski definition) is 3. The summed E-state index contributed by atoms with van der Waals surface area (Å²) in [6, 6.07) is 12.1. The molecular formula is C15H13ClN2O4. The highest BCUT2D eigenvalue weighted by atomic mass is 35.5. The molecule has 0 unspecified atom stereocenters. The summed E-state index contributed by atoms with van der Waals surface area (Å²) in [5.74, 6) is -0.442. The first-order chi connectivity index (χ1) is 10.5. The normalized spacial score (nSPS) is 9.86. The highest BCUT2D eigenvalue weighted by molar-refractivity contribution is 6.30. The van der Waals surface area contributed by atoms with E-state index in [1.165, 1.54) is 24.3 Å². The van der Waals surface area contributed by atoms with Gasteiger partial charge in [0.25, 0.3) is 0 Å². The van der Waals surface area contributed by atoms with Gasteiger partial charge in [-0.1, -0.05) is 11.6 Å². The zero-order chi connectivity index (χ0) is 15.9. The smallest absolute Gasteiger partial charge is 0.335 e. The van der Waals surface area contributed by atoms with Gasteiger partial charge in [0.2, 0.25) is 0 Å². The lowest BCUT2D eigenvalue weighted by molar-refractivity contribution is 0.0697. The average Bonchev–Trinajstić information content (AvgIpc) is 2.50. The Labute approximate surface area is 131 Å². The summed E-state index contributed by atoms with van der Waals surface area (Å²) in [7, 11) is 0. The van der Waals surface area contributed by atoms with Gasteiger partial charge in [-0.3, -0.25) is 0 Å². The number of carboxylic acid groups (broad SMARTS) is 1. The number of hydrogen-bond donors (Lipinski definition) is 3. The van der Waals surface area contributed by atoms with Gasteiger partial charge in [-0.05, 0) is 48.5 Å². The average molecular weight is 321 g/mol. The zero-order valence-electron chi connectivity index (χ0n) is 11.4. The number of aromatic carboxylic acids is 1. The molecule has 0 heterocycles. The molecule has 0 atom stereocenters. The van der Waals surface area contributed by atoms with Crippen LogP contribution >= 0.6 is 11.6 Å². The maximum atomic E-state index is 11.6. The van der Waals surface area contributed by atoms with Gasteiger partial charge < -0.3 is 20.5 Å². The second kappa shape index (κ2) is 7.33. The topological polar surface area (TPSA) is 87.7 Å². The summed E-state index contributed by atoms with van der Waals surface area (Å²) in [5, 5.41) is 14.4. The van der Waals surface area contributed by atoms with Crippen LogP contribution in [0.1, 0.15) is 10.4 Å². The maximum absolute atomic E-state index is 11.6. The first-order valence-electron chi connectivity index (χ1n) is 6.31. The van der Waals surface area contributed by atoms with Crippen LogP contribution in [0.3, 0.4) is 0 Å². The second-order valence-electron chi connectivity index (χ2n) is 4.26. The number of nitrogens with one attached hydrogen (secondary N) is 2. The lowest BCUT2D eigenvalue weighted by Crippen LogP contribution is -2.32. The number of urea groups is 1. The highest BCUT2D eigenvalue weighted by Crippen LogP contribution is 2.15. The third kappa shape index (κ3) is 4.68. The van der Waals surface area contributed by atoms with Crippen LogP contribution in [0.2, 0.25) is 5.02 Å². The third-order valence-corrected chi connectivity index (χ3v) is 2.93. The SMILES string of the molecule is O=C(NCOc1ccc(Cl)cc1)Nc1ccc(C(=O)O)cc1. The lowest BCUT2D eigenvalue weighted by Gasteiger charge is -2.09. The van der Waals surface area contributed by atoms with Crippen LogP contribution in [-0.2, 0) is 0 Å². The van der Waals surface area contributed by atoms with Crippen molar-refractivity contribution in [3.63, 3.8) is 0 Å². The van der Waals surface area contributed by atoms with Crippen LogP contribution in [0.15, 0.2) is 48.5 Å². The van der Waals surface area contributed by atoms with E-state index in [0.29, 0.717) is 16.5 Å². The number of benzene rings is 2. The molecule has 7 heteroatoms. The Balaban J connectivity index is 1.77. The molecule has 2 amide bonds. The number of carbonyl (C=O) groups excluding carboxylic acids is 1. The molecule has 0 saturated carbocycles. The molecule has 0 aliphatic rings.